The molecule has 0 aromatic carbocycles. The van der Waals surface area contributed by atoms with Crippen molar-refractivity contribution in [2.45, 2.75) is 24.3 Å². The number of hydrogen-bond acceptors (Lipinski definition) is 8. The highest BCUT2D eigenvalue weighted by Crippen LogP contribution is 2.64. The van der Waals surface area contributed by atoms with E-state index in [0.717, 1.165) is 11.3 Å². The maximum atomic E-state index is 12.2. The van der Waals surface area contributed by atoms with Crippen LogP contribution in [0.3, 0.4) is 0 Å². The number of ether oxygens (including phenoxy) is 3. The van der Waals surface area contributed by atoms with Crippen LogP contribution in [-0.2, 0) is 25.6 Å². The molecule has 1 aliphatic rings. The summed E-state index contributed by atoms with van der Waals surface area (Å²) < 4.78 is 13.3. The van der Waals surface area contributed by atoms with Crippen molar-refractivity contribution in [1.82, 2.24) is 0 Å². The van der Waals surface area contributed by atoms with Crippen molar-refractivity contribution in [3.05, 3.63) is 16.0 Å². The average molecular weight is 396 g/mol. The molecule has 7 nitrogen and oxygen atoms in total. The third-order valence-electron chi connectivity index (χ3n) is 3.85. The normalized spacial score (nSPS) is 21.0. The van der Waals surface area contributed by atoms with Gasteiger partial charge in [-0.3, -0.25) is 4.79 Å². The van der Waals surface area contributed by atoms with E-state index in [2.05, 4.69) is 9.47 Å². The van der Waals surface area contributed by atoms with Crippen molar-refractivity contribution in [3.63, 3.8) is 0 Å². The highest BCUT2D eigenvalue weighted by molar-refractivity contribution is 7.18. The Morgan fingerprint density at radius 3 is 2.21 bits per heavy atom. The molecule has 24 heavy (non-hydrogen) atoms. The molecule has 0 amide bonds. The topological polar surface area (TPSA) is 105 Å². The Morgan fingerprint density at radius 1 is 1.21 bits per heavy atom. The molecule has 10 heteroatoms. The summed E-state index contributed by atoms with van der Waals surface area (Å²) in [4.78, 5) is 36.0. The number of nitrogen functional groups attached to an aromatic ring is 1. The molecule has 2 rings (SSSR count). The third kappa shape index (κ3) is 3.05. The lowest BCUT2D eigenvalue weighted by atomic mass is 10.1. The molecular formula is C14H15Cl2NO6S. The molecule has 0 unspecified atom stereocenters. The van der Waals surface area contributed by atoms with Gasteiger partial charge in [0.25, 0.3) is 0 Å². The number of esters is 3. The lowest BCUT2D eigenvalue weighted by molar-refractivity contribution is -0.151. The molecule has 1 aromatic rings. The lowest BCUT2D eigenvalue weighted by Gasteiger charge is -2.12. The van der Waals surface area contributed by atoms with Gasteiger partial charge >= 0.3 is 17.9 Å². The van der Waals surface area contributed by atoms with Crippen LogP contribution in [0.25, 0.3) is 0 Å². The zero-order chi connectivity index (χ0) is 18.3. The summed E-state index contributed by atoms with van der Waals surface area (Å²) in [6.07, 6.45) is 0.251. The van der Waals surface area contributed by atoms with Crippen molar-refractivity contribution in [2.24, 2.45) is 5.41 Å². The lowest BCUT2D eigenvalue weighted by Crippen LogP contribution is -2.22. The van der Waals surface area contributed by atoms with E-state index in [1.165, 1.54) is 14.2 Å². The van der Waals surface area contributed by atoms with Gasteiger partial charge < -0.3 is 19.9 Å². The number of carbonyl (C=O) groups excluding carboxylic acids is 3. The average Bonchev–Trinajstić information content (AvgIpc) is 2.89. The van der Waals surface area contributed by atoms with Crippen LogP contribution in [-0.4, -0.2) is 36.5 Å². The van der Waals surface area contributed by atoms with Crippen LogP contribution in [0.1, 0.15) is 38.9 Å². The highest BCUT2D eigenvalue weighted by Gasteiger charge is 2.69. The quantitative estimate of drug-likeness (QED) is 0.463. The minimum Gasteiger partial charge on any atom is -0.465 e. The van der Waals surface area contributed by atoms with E-state index in [1.54, 1.807) is 6.92 Å². The summed E-state index contributed by atoms with van der Waals surface area (Å²) in [5.41, 5.74) is 4.85. The zero-order valence-corrected chi connectivity index (χ0v) is 15.4. The Morgan fingerprint density at radius 2 is 1.75 bits per heavy atom. The number of anilines is 1. The van der Waals surface area contributed by atoms with E-state index in [0.29, 0.717) is 0 Å². The minimum absolute atomic E-state index is 0.0281. The number of nitrogens with two attached hydrogens (primary N) is 1. The van der Waals surface area contributed by atoms with E-state index in [9.17, 15) is 14.4 Å². The highest BCUT2D eigenvalue weighted by atomic mass is 35.5. The molecule has 1 fully saturated rings. The predicted octanol–water partition coefficient (Wildman–Crippen LogP) is 2.53. The van der Waals surface area contributed by atoms with E-state index >= 15 is 0 Å². The van der Waals surface area contributed by atoms with Crippen LogP contribution in [0.5, 0.6) is 0 Å². The second-order valence-corrected chi connectivity index (χ2v) is 7.96. The van der Waals surface area contributed by atoms with E-state index < -0.39 is 27.7 Å². The Hall–Kier alpha value is -1.51. The molecular weight excluding hydrogens is 381 g/mol. The molecule has 1 heterocycles. The van der Waals surface area contributed by atoms with Crippen LogP contribution in [0.4, 0.5) is 5.00 Å². The second kappa shape index (κ2) is 6.42. The molecule has 1 aromatic heterocycles. The van der Waals surface area contributed by atoms with Crippen molar-refractivity contribution in [3.8, 4) is 0 Å². The van der Waals surface area contributed by atoms with Gasteiger partial charge in [0.05, 0.1) is 14.2 Å². The standard InChI is InChI=1S/C14H15Cl2NO6S/c1-13(5-14(13,15)16)12(20)23-4-6-7(10(18)21-2)9(17)24-8(6)11(19)22-3/h4-5,17H2,1-3H3/t13-/m1/s1. The third-order valence-corrected chi connectivity index (χ3v) is 5.99. The van der Waals surface area contributed by atoms with Gasteiger partial charge in [-0.25, -0.2) is 9.59 Å². The summed E-state index contributed by atoms with van der Waals surface area (Å²) in [5, 5.41) is 0.0648. The smallest absolute Gasteiger partial charge is 0.348 e. The summed E-state index contributed by atoms with van der Waals surface area (Å²) in [7, 11) is 2.36. The fraction of sp³-hybridized carbons (Fsp3) is 0.500. The number of hydrogen-bond donors (Lipinski definition) is 1. The maximum absolute atomic E-state index is 12.2. The molecule has 0 radical (unpaired) electrons. The molecule has 1 atom stereocenters. The first-order valence-corrected chi connectivity index (χ1v) is 8.29. The van der Waals surface area contributed by atoms with Crippen LogP contribution >= 0.6 is 34.5 Å². The van der Waals surface area contributed by atoms with Gasteiger partial charge in [0, 0.05) is 12.0 Å². The van der Waals surface area contributed by atoms with Crippen molar-refractivity contribution >= 4 is 57.4 Å². The Kier molecular flexibility index (Phi) is 5.03. The van der Waals surface area contributed by atoms with E-state index in [1.807, 2.05) is 0 Å². The fourth-order valence-electron chi connectivity index (χ4n) is 2.12. The summed E-state index contributed by atoms with van der Waals surface area (Å²) >= 11 is 12.7. The fourth-order valence-corrected chi connectivity index (χ4v) is 3.79. The molecule has 1 aliphatic carbocycles. The SMILES string of the molecule is COC(=O)c1sc(N)c(C(=O)OC)c1COC(=O)[C@@]1(C)CC1(Cl)Cl. The Bertz CT molecular complexity index is 716. The van der Waals surface area contributed by atoms with Crippen LogP contribution in [0.2, 0.25) is 0 Å². The summed E-state index contributed by atoms with van der Waals surface area (Å²) in [6.45, 7) is 1.21. The first-order valence-electron chi connectivity index (χ1n) is 6.72. The predicted molar refractivity (Wildman–Crippen MR) is 88.4 cm³/mol. The van der Waals surface area contributed by atoms with Crippen LogP contribution in [0.15, 0.2) is 0 Å². The molecule has 132 valence electrons. The minimum atomic E-state index is -1.19. The molecule has 0 saturated heterocycles. The van der Waals surface area contributed by atoms with Gasteiger partial charge in [0.15, 0.2) is 0 Å². The first kappa shape index (κ1) is 18.8. The number of carbonyl (C=O) groups is 3. The van der Waals surface area contributed by atoms with Crippen molar-refractivity contribution < 1.29 is 28.6 Å². The summed E-state index contributed by atoms with van der Waals surface area (Å²) in [5.74, 6) is -2.08. The monoisotopic (exact) mass is 395 g/mol. The van der Waals surface area contributed by atoms with Gasteiger partial charge in [-0.2, -0.15) is 0 Å². The van der Waals surface area contributed by atoms with Crippen LogP contribution in [0, 0.1) is 5.41 Å². The largest absolute Gasteiger partial charge is 0.465 e. The molecule has 1 saturated carbocycles. The van der Waals surface area contributed by atoms with Gasteiger partial charge in [-0.1, -0.05) is 0 Å². The number of halogens is 2. The number of thiophene rings is 1. The first-order chi connectivity index (χ1) is 11.1. The van der Waals surface area contributed by atoms with Crippen molar-refractivity contribution in [2.75, 3.05) is 20.0 Å². The molecule has 0 spiro atoms. The second-order valence-electron chi connectivity index (χ2n) is 5.42. The van der Waals surface area contributed by atoms with Crippen LogP contribution < -0.4 is 5.73 Å². The molecule has 2 N–H and O–H groups in total. The molecule has 0 bridgehead atoms. The zero-order valence-electron chi connectivity index (χ0n) is 13.1. The number of methoxy groups -OCH3 is 2. The van der Waals surface area contributed by atoms with Gasteiger partial charge in [-0.15, -0.1) is 34.5 Å². The maximum Gasteiger partial charge on any atom is 0.348 e. The van der Waals surface area contributed by atoms with Gasteiger partial charge in [0.2, 0.25) is 0 Å². The van der Waals surface area contributed by atoms with Crippen molar-refractivity contribution in [1.29, 1.82) is 0 Å². The molecule has 0 aliphatic heterocycles. The Labute approximate surface area is 151 Å². The van der Waals surface area contributed by atoms with E-state index in [4.69, 9.17) is 33.7 Å². The van der Waals surface area contributed by atoms with E-state index in [-0.39, 0.29) is 34.0 Å². The van der Waals surface area contributed by atoms with Gasteiger partial charge in [-0.05, 0) is 6.92 Å². The number of rotatable bonds is 5. The summed E-state index contributed by atoms with van der Waals surface area (Å²) in [6, 6.07) is 0. The number of alkyl halides is 2. The van der Waals surface area contributed by atoms with Gasteiger partial charge in [0.1, 0.15) is 31.8 Å². The Balaban J connectivity index is 2.29.